The predicted octanol–water partition coefficient (Wildman–Crippen LogP) is 4.14. The summed E-state index contributed by atoms with van der Waals surface area (Å²) in [6.07, 6.45) is 2.22. The van der Waals surface area contributed by atoms with E-state index in [4.69, 9.17) is 4.74 Å². The molecule has 15 heavy (non-hydrogen) atoms. The second-order valence-corrected chi connectivity index (χ2v) is 5.49. The monoisotopic (exact) mass is 334 g/mol. The van der Waals surface area contributed by atoms with Gasteiger partial charge < -0.3 is 4.74 Å². The van der Waals surface area contributed by atoms with Crippen molar-refractivity contribution in [3.05, 3.63) is 35.9 Å². The first kappa shape index (κ1) is 13.2. The van der Waals surface area contributed by atoms with Crippen LogP contribution in [-0.2, 0) is 11.3 Å². The smallest absolute Gasteiger partial charge is 0.0716 e. The van der Waals surface area contributed by atoms with Gasteiger partial charge in [0.1, 0.15) is 0 Å². The number of alkyl halides is 2. The maximum atomic E-state index is 5.59. The van der Waals surface area contributed by atoms with Crippen molar-refractivity contribution >= 4 is 31.9 Å². The minimum absolute atomic E-state index is 0.563. The van der Waals surface area contributed by atoms with Gasteiger partial charge in [-0.05, 0) is 18.4 Å². The molecule has 0 amide bonds. The van der Waals surface area contributed by atoms with Crippen LogP contribution in [0.25, 0.3) is 0 Å². The van der Waals surface area contributed by atoms with Crippen LogP contribution in [0.15, 0.2) is 30.3 Å². The molecule has 84 valence electrons. The van der Waals surface area contributed by atoms with Crippen molar-refractivity contribution in [2.45, 2.75) is 24.3 Å². The van der Waals surface area contributed by atoms with Crippen LogP contribution in [0.4, 0.5) is 0 Å². The van der Waals surface area contributed by atoms with Crippen molar-refractivity contribution in [2.75, 3.05) is 11.9 Å². The fourth-order valence-corrected chi connectivity index (χ4v) is 2.82. The third kappa shape index (κ3) is 6.33. The molecule has 0 bridgehead atoms. The molecule has 0 N–H and O–H groups in total. The summed E-state index contributed by atoms with van der Waals surface area (Å²) in [5.74, 6) is 0. The van der Waals surface area contributed by atoms with Gasteiger partial charge in [-0.3, -0.25) is 0 Å². The molecule has 0 radical (unpaired) electrons. The normalized spacial score (nSPS) is 12.7. The number of rotatable bonds is 7. The Morgan fingerprint density at radius 1 is 1.13 bits per heavy atom. The van der Waals surface area contributed by atoms with Gasteiger partial charge in [-0.15, -0.1) is 0 Å². The summed E-state index contributed by atoms with van der Waals surface area (Å²) >= 11 is 7.04. The maximum Gasteiger partial charge on any atom is 0.0716 e. The summed E-state index contributed by atoms with van der Waals surface area (Å²) in [7, 11) is 0. The SMILES string of the molecule is BrCCC(Br)CCOCc1ccccc1. The third-order valence-electron chi connectivity index (χ3n) is 2.11. The molecule has 0 spiro atoms. The zero-order valence-electron chi connectivity index (χ0n) is 8.66. The van der Waals surface area contributed by atoms with E-state index in [2.05, 4.69) is 44.0 Å². The molecule has 0 aromatic heterocycles. The van der Waals surface area contributed by atoms with Gasteiger partial charge in [0.25, 0.3) is 0 Å². The van der Waals surface area contributed by atoms with Gasteiger partial charge in [0.05, 0.1) is 6.61 Å². The van der Waals surface area contributed by atoms with Gasteiger partial charge in [-0.25, -0.2) is 0 Å². The first-order valence-electron chi connectivity index (χ1n) is 5.14. The van der Waals surface area contributed by atoms with Crippen LogP contribution < -0.4 is 0 Å². The molecule has 1 atom stereocenters. The fraction of sp³-hybridized carbons (Fsp3) is 0.500. The molecule has 0 heterocycles. The van der Waals surface area contributed by atoms with Crippen molar-refractivity contribution in [2.24, 2.45) is 0 Å². The van der Waals surface area contributed by atoms with Gasteiger partial charge in [0.2, 0.25) is 0 Å². The minimum Gasteiger partial charge on any atom is -0.377 e. The molecule has 0 aliphatic rings. The molecule has 0 saturated heterocycles. The summed E-state index contributed by atoms with van der Waals surface area (Å²) in [6, 6.07) is 10.3. The molecular formula is C12H16Br2O. The van der Waals surface area contributed by atoms with Crippen LogP contribution in [-0.4, -0.2) is 16.8 Å². The number of benzene rings is 1. The molecule has 1 aromatic rings. The Kier molecular flexibility index (Phi) is 7.32. The summed E-state index contributed by atoms with van der Waals surface area (Å²) in [5, 5.41) is 1.04. The van der Waals surface area contributed by atoms with E-state index in [1.54, 1.807) is 0 Å². The van der Waals surface area contributed by atoms with E-state index in [0.29, 0.717) is 4.83 Å². The molecule has 1 aromatic carbocycles. The van der Waals surface area contributed by atoms with Crippen LogP contribution >= 0.6 is 31.9 Å². The average Bonchev–Trinajstić information content (AvgIpc) is 2.26. The lowest BCUT2D eigenvalue weighted by Gasteiger charge is -2.08. The van der Waals surface area contributed by atoms with E-state index in [0.717, 1.165) is 31.4 Å². The number of hydrogen-bond donors (Lipinski definition) is 0. The molecule has 3 heteroatoms. The van der Waals surface area contributed by atoms with Crippen molar-refractivity contribution in [3.63, 3.8) is 0 Å². The van der Waals surface area contributed by atoms with Crippen molar-refractivity contribution in [1.29, 1.82) is 0 Å². The minimum atomic E-state index is 0.563. The molecule has 1 nitrogen and oxygen atoms in total. The molecule has 0 saturated carbocycles. The van der Waals surface area contributed by atoms with Gasteiger partial charge in [-0.1, -0.05) is 62.2 Å². The lowest BCUT2D eigenvalue weighted by Crippen LogP contribution is -2.04. The van der Waals surface area contributed by atoms with Gasteiger partial charge in [0, 0.05) is 16.8 Å². The van der Waals surface area contributed by atoms with Crippen molar-refractivity contribution in [3.8, 4) is 0 Å². The van der Waals surface area contributed by atoms with Crippen LogP contribution in [0.2, 0.25) is 0 Å². The van der Waals surface area contributed by atoms with Crippen LogP contribution in [0, 0.1) is 0 Å². The molecular weight excluding hydrogens is 320 g/mol. The van der Waals surface area contributed by atoms with E-state index in [-0.39, 0.29) is 0 Å². The Balaban J connectivity index is 2.07. The molecule has 0 aliphatic carbocycles. The maximum absolute atomic E-state index is 5.59. The number of ether oxygens (including phenoxy) is 1. The Labute approximate surface area is 108 Å². The quantitative estimate of drug-likeness (QED) is 0.537. The first-order chi connectivity index (χ1) is 7.33. The number of halogens is 2. The standard InChI is InChI=1S/C12H16Br2O/c13-8-6-12(14)7-9-15-10-11-4-2-1-3-5-11/h1-5,12H,6-10H2. The highest BCUT2D eigenvalue weighted by molar-refractivity contribution is 9.10. The molecule has 1 unspecified atom stereocenters. The van der Waals surface area contributed by atoms with Gasteiger partial charge in [-0.2, -0.15) is 0 Å². The highest BCUT2D eigenvalue weighted by Crippen LogP contribution is 2.12. The van der Waals surface area contributed by atoms with Crippen molar-refractivity contribution in [1.82, 2.24) is 0 Å². The molecule has 0 fully saturated rings. The Morgan fingerprint density at radius 2 is 1.87 bits per heavy atom. The second kappa shape index (κ2) is 8.31. The molecule has 0 aliphatic heterocycles. The Hall–Kier alpha value is 0.140. The first-order valence-corrected chi connectivity index (χ1v) is 7.18. The lowest BCUT2D eigenvalue weighted by atomic mass is 10.2. The second-order valence-electron chi connectivity index (χ2n) is 3.40. The van der Waals surface area contributed by atoms with Gasteiger partial charge in [0.15, 0.2) is 0 Å². The van der Waals surface area contributed by atoms with E-state index in [1.165, 1.54) is 5.56 Å². The summed E-state index contributed by atoms with van der Waals surface area (Å²) < 4.78 is 5.59. The summed E-state index contributed by atoms with van der Waals surface area (Å²) in [6.45, 7) is 1.53. The van der Waals surface area contributed by atoms with Crippen LogP contribution in [0.3, 0.4) is 0 Å². The lowest BCUT2D eigenvalue weighted by molar-refractivity contribution is 0.118. The summed E-state index contributed by atoms with van der Waals surface area (Å²) in [4.78, 5) is 0.563. The largest absolute Gasteiger partial charge is 0.377 e. The zero-order valence-corrected chi connectivity index (χ0v) is 11.8. The van der Waals surface area contributed by atoms with Crippen LogP contribution in [0.1, 0.15) is 18.4 Å². The Bertz CT molecular complexity index is 251. The summed E-state index contributed by atoms with van der Waals surface area (Å²) in [5.41, 5.74) is 1.24. The van der Waals surface area contributed by atoms with E-state index in [9.17, 15) is 0 Å². The van der Waals surface area contributed by atoms with E-state index in [1.807, 2.05) is 18.2 Å². The third-order valence-corrected chi connectivity index (χ3v) is 3.48. The van der Waals surface area contributed by atoms with Crippen molar-refractivity contribution < 1.29 is 4.74 Å². The number of hydrogen-bond acceptors (Lipinski definition) is 1. The van der Waals surface area contributed by atoms with Crippen LogP contribution in [0.5, 0.6) is 0 Å². The molecule has 1 rings (SSSR count). The van der Waals surface area contributed by atoms with E-state index >= 15 is 0 Å². The topological polar surface area (TPSA) is 9.23 Å². The predicted molar refractivity (Wildman–Crippen MR) is 71.8 cm³/mol. The Morgan fingerprint density at radius 3 is 2.53 bits per heavy atom. The average molecular weight is 336 g/mol. The highest BCUT2D eigenvalue weighted by Gasteiger charge is 2.02. The van der Waals surface area contributed by atoms with Gasteiger partial charge >= 0.3 is 0 Å². The zero-order chi connectivity index (χ0) is 10.9. The highest BCUT2D eigenvalue weighted by atomic mass is 79.9. The van der Waals surface area contributed by atoms with E-state index < -0.39 is 0 Å². The fourth-order valence-electron chi connectivity index (χ4n) is 1.24.